The Hall–Kier alpha value is -1.15. The zero-order valence-corrected chi connectivity index (χ0v) is 11.2. The van der Waals surface area contributed by atoms with Crippen LogP contribution in [0.3, 0.4) is 0 Å². The summed E-state index contributed by atoms with van der Waals surface area (Å²) < 4.78 is 0. The minimum Gasteiger partial charge on any atom is -0.396 e. The van der Waals surface area contributed by atoms with Gasteiger partial charge < -0.3 is 5.11 Å². The predicted octanol–water partition coefficient (Wildman–Crippen LogP) is 3.90. The molecule has 0 unspecified atom stereocenters. The molecule has 2 nitrogen and oxygen atoms in total. The van der Waals surface area contributed by atoms with Crippen LogP contribution >= 0.6 is 0 Å². The molecule has 0 radical (unpaired) electrons. The molecule has 0 aliphatic rings. The van der Waals surface area contributed by atoms with E-state index in [1.54, 1.807) is 0 Å². The highest BCUT2D eigenvalue weighted by atomic mass is 16.2. The summed E-state index contributed by atoms with van der Waals surface area (Å²) in [5.41, 5.74) is 1.28. The van der Waals surface area contributed by atoms with Crippen molar-refractivity contribution in [1.82, 2.24) is 4.98 Å². The summed E-state index contributed by atoms with van der Waals surface area (Å²) in [6.45, 7) is 0.344. The van der Waals surface area contributed by atoms with Gasteiger partial charge in [-0.25, -0.2) is 0 Å². The lowest BCUT2D eigenvalue weighted by atomic mass is 10.1. The molecule has 0 aliphatic carbocycles. The Labute approximate surface area is 111 Å². The van der Waals surface area contributed by atoms with Crippen LogP contribution < -0.4 is 0 Å². The second-order valence-corrected chi connectivity index (χ2v) is 4.67. The SMILES string of the molecule is OCCCCCCCC/C=C\Cc1cccnc1. The normalized spacial score (nSPS) is 11.2. The smallest absolute Gasteiger partial charge is 0.0431 e. The molecule has 0 saturated carbocycles. The van der Waals surface area contributed by atoms with Crippen LogP contribution in [-0.4, -0.2) is 16.7 Å². The summed E-state index contributed by atoms with van der Waals surface area (Å²) in [5.74, 6) is 0. The van der Waals surface area contributed by atoms with Crippen molar-refractivity contribution in [2.45, 2.75) is 51.4 Å². The van der Waals surface area contributed by atoms with Crippen molar-refractivity contribution in [2.24, 2.45) is 0 Å². The highest BCUT2D eigenvalue weighted by Crippen LogP contribution is 2.07. The Bertz CT molecular complexity index is 308. The maximum atomic E-state index is 8.65. The van der Waals surface area contributed by atoms with E-state index in [1.807, 2.05) is 18.5 Å². The van der Waals surface area contributed by atoms with Crippen LogP contribution in [0.5, 0.6) is 0 Å². The van der Waals surface area contributed by atoms with Crippen LogP contribution in [0.1, 0.15) is 50.5 Å². The van der Waals surface area contributed by atoms with Crippen LogP contribution in [-0.2, 0) is 6.42 Å². The number of hydrogen-bond donors (Lipinski definition) is 1. The molecule has 18 heavy (non-hydrogen) atoms. The molecule has 1 heterocycles. The van der Waals surface area contributed by atoms with Gasteiger partial charge in [-0.3, -0.25) is 4.98 Å². The molecule has 1 aromatic heterocycles. The van der Waals surface area contributed by atoms with Crippen molar-refractivity contribution in [3.63, 3.8) is 0 Å². The van der Waals surface area contributed by atoms with Gasteiger partial charge in [-0.1, -0.05) is 43.9 Å². The molecule has 100 valence electrons. The molecule has 0 spiro atoms. The lowest BCUT2D eigenvalue weighted by molar-refractivity contribution is 0.282. The maximum Gasteiger partial charge on any atom is 0.0431 e. The molecule has 0 aliphatic heterocycles. The van der Waals surface area contributed by atoms with E-state index in [0.29, 0.717) is 6.61 Å². The number of pyridine rings is 1. The summed E-state index contributed by atoms with van der Waals surface area (Å²) in [7, 11) is 0. The van der Waals surface area contributed by atoms with Crippen LogP contribution in [0, 0.1) is 0 Å². The Morgan fingerprint density at radius 2 is 1.78 bits per heavy atom. The number of rotatable bonds is 10. The molecular weight excluding hydrogens is 222 g/mol. The lowest BCUT2D eigenvalue weighted by Gasteiger charge is -1.98. The van der Waals surface area contributed by atoms with E-state index in [-0.39, 0.29) is 0 Å². The average Bonchev–Trinajstić information content (AvgIpc) is 2.42. The first-order valence-corrected chi connectivity index (χ1v) is 7.08. The summed E-state index contributed by atoms with van der Waals surface area (Å²) in [4.78, 5) is 4.10. The van der Waals surface area contributed by atoms with Gasteiger partial charge in [-0.05, 0) is 37.3 Å². The lowest BCUT2D eigenvalue weighted by Crippen LogP contribution is -1.84. The molecule has 0 saturated heterocycles. The molecule has 0 atom stereocenters. The number of aromatic nitrogens is 1. The average molecular weight is 247 g/mol. The van der Waals surface area contributed by atoms with Gasteiger partial charge in [-0.2, -0.15) is 0 Å². The Morgan fingerprint density at radius 3 is 2.50 bits per heavy atom. The van der Waals surface area contributed by atoms with Gasteiger partial charge in [0, 0.05) is 19.0 Å². The van der Waals surface area contributed by atoms with Crippen LogP contribution in [0.25, 0.3) is 0 Å². The summed E-state index contributed by atoms with van der Waals surface area (Å²) >= 11 is 0. The molecule has 0 amide bonds. The molecule has 0 fully saturated rings. The molecule has 1 aromatic rings. The van der Waals surface area contributed by atoms with Crippen molar-refractivity contribution in [2.75, 3.05) is 6.61 Å². The van der Waals surface area contributed by atoms with E-state index < -0.39 is 0 Å². The molecule has 1 N–H and O–H groups in total. The van der Waals surface area contributed by atoms with E-state index in [4.69, 9.17) is 5.11 Å². The molecular formula is C16H25NO. The number of allylic oxidation sites excluding steroid dienone is 2. The molecule has 2 heteroatoms. The summed E-state index contributed by atoms with van der Waals surface area (Å²) in [6.07, 6.45) is 17.7. The van der Waals surface area contributed by atoms with Crippen LogP contribution in [0.15, 0.2) is 36.7 Å². The number of unbranched alkanes of at least 4 members (excludes halogenated alkanes) is 6. The van der Waals surface area contributed by atoms with Crippen molar-refractivity contribution in [3.05, 3.63) is 42.2 Å². The van der Waals surface area contributed by atoms with Crippen molar-refractivity contribution >= 4 is 0 Å². The number of nitrogens with zero attached hydrogens (tertiary/aromatic N) is 1. The fourth-order valence-electron chi connectivity index (χ4n) is 1.94. The summed E-state index contributed by atoms with van der Waals surface area (Å²) in [6, 6.07) is 4.09. The fraction of sp³-hybridized carbons (Fsp3) is 0.562. The standard InChI is InChI=1S/C16H25NO/c18-14-9-7-5-3-1-2-4-6-8-11-16-12-10-13-17-15-16/h6,8,10,12-13,15,18H,1-5,7,9,11,14H2/b8-6-. The third-order valence-corrected chi connectivity index (χ3v) is 3.02. The summed E-state index contributed by atoms with van der Waals surface area (Å²) in [5, 5.41) is 8.65. The number of aliphatic hydroxyl groups excluding tert-OH is 1. The van der Waals surface area contributed by atoms with Crippen LogP contribution in [0.2, 0.25) is 0 Å². The largest absolute Gasteiger partial charge is 0.396 e. The first-order valence-electron chi connectivity index (χ1n) is 7.08. The van der Waals surface area contributed by atoms with Gasteiger partial charge >= 0.3 is 0 Å². The zero-order chi connectivity index (χ0) is 12.9. The second-order valence-electron chi connectivity index (χ2n) is 4.67. The van der Waals surface area contributed by atoms with E-state index in [2.05, 4.69) is 23.2 Å². The quantitative estimate of drug-likeness (QED) is 0.502. The van der Waals surface area contributed by atoms with Gasteiger partial charge in [-0.15, -0.1) is 0 Å². The fourth-order valence-corrected chi connectivity index (χ4v) is 1.94. The maximum absolute atomic E-state index is 8.65. The molecule has 1 rings (SSSR count). The van der Waals surface area contributed by atoms with E-state index in [9.17, 15) is 0 Å². The molecule has 0 aromatic carbocycles. The third-order valence-electron chi connectivity index (χ3n) is 3.02. The van der Waals surface area contributed by atoms with Gasteiger partial charge in [0.25, 0.3) is 0 Å². The Morgan fingerprint density at radius 1 is 1.00 bits per heavy atom. The second kappa shape index (κ2) is 11.0. The van der Waals surface area contributed by atoms with Crippen molar-refractivity contribution < 1.29 is 5.11 Å². The van der Waals surface area contributed by atoms with Crippen LogP contribution in [0.4, 0.5) is 0 Å². The van der Waals surface area contributed by atoms with Gasteiger partial charge in [0.15, 0.2) is 0 Å². The topological polar surface area (TPSA) is 33.1 Å². The Kier molecular flexibility index (Phi) is 9.09. The van der Waals surface area contributed by atoms with E-state index in [0.717, 1.165) is 12.8 Å². The minimum atomic E-state index is 0.344. The molecule has 0 bridgehead atoms. The first kappa shape index (κ1) is 14.9. The van der Waals surface area contributed by atoms with E-state index >= 15 is 0 Å². The highest BCUT2D eigenvalue weighted by Gasteiger charge is 1.90. The zero-order valence-electron chi connectivity index (χ0n) is 11.2. The van der Waals surface area contributed by atoms with Gasteiger partial charge in [0.05, 0.1) is 0 Å². The van der Waals surface area contributed by atoms with E-state index in [1.165, 1.54) is 44.1 Å². The Balaban J connectivity index is 1.91. The highest BCUT2D eigenvalue weighted by molar-refractivity contribution is 5.12. The van der Waals surface area contributed by atoms with Gasteiger partial charge in [0.1, 0.15) is 0 Å². The number of hydrogen-bond acceptors (Lipinski definition) is 2. The predicted molar refractivity (Wildman–Crippen MR) is 76.5 cm³/mol. The van der Waals surface area contributed by atoms with Gasteiger partial charge in [0.2, 0.25) is 0 Å². The first-order chi connectivity index (χ1) is 8.93. The third kappa shape index (κ3) is 8.02. The minimum absolute atomic E-state index is 0.344. The van der Waals surface area contributed by atoms with Crippen molar-refractivity contribution in [3.8, 4) is 0 Å². The number of aliphatic hydroxyl groups is 1. The van der Waals surface area contributed by atoms with Crippen molar-refractivity contribution in [1.29, 1.82) is 0 Å². The monoisotopic (exact) mass is 247 g/mol.